The first kappa shape index (κ1) is 14.2. The summed E-state index contributed by atoms with van der Waals surface area (Å²) in [6.45, 7) is 4.66. The second-order valence-corrected chi connectivity index (χ2v) is 5.73. The Morgan fingerprint density at radius 1 is 1.16 bits per heavy atom. The van der Waals surface area contributed by atoms with Crippen LogP contribution in [0.25, 0.3) is 0 Å². The maximum absolute atomic E-state index is 5.60. The Morgan fingerprint density at radius 3 is 2.58 bits per heavy atom. The number of ether oxygens (including phenoxy) is 2. The smallest absolute Gasteiger partial charge is 0.164 e. The minimum Gasteiger partial charge on any atom is -0.493 e. The van der Waals surface area contributed by atoms with Crippen LogP contribution in [0.1, 0.15) is 44.2 Å². The SMILES string of the molecule is CCCC[C@@H]1Cc2c(ccc(OC)c2OC)C[C@H]1C. The molecule has 0 amide bonds. The Balaban J connectivity index is 2.29. The normalized spacial score (nSPS) is 21.9. The molecule has 0 fully saturated rings. The van der Waals surface area contributed by atoms with Gasteiger partial charge in [0.1, 0.15) is 0 Å². The van der Waals surface area contributed by atoms with Gasteiger partial charge in [0.2, 0.25) is 0 Å². The number of unbranched alkanes of at least 4 members (excludes halogenated alkanes) is 1. The first-order valence-electron chi connectivity index (χ1n) is 7.44. The molecule has 1 aliphatic rings. The van der Waals surface area contributed by atoms with Crippen molar-refractivity contribution in [2.24, 2.45) is 11.8 Å². The molecule has 2 heteroatoms. The highest BCUT2D eigenvalue weighted by Gasteiger charge is 2.28. The van der Waals surface area contributed by atoms with Gasteiger partial charge in [0.15, 0.2) is 11.5 Å². The fraction of sp³-hybridized carbons (Fsp3) is 0.647. The molecule has 0 N–H and O–H groups in total. The maximum Gasteiger partial charge on any atom is 0.164 e. The van der Waals surface area contributed by atoms with E-state index in [2.05, 4.69) is 19.9 Å². The molecule has 0 saturated carbocycles. The molecule has 1 aromatic rings. The predicted octanol–water partition coefficient (Wildman–Crippen LogP) is 4.24. The van der Waals surface area contributed by atoms with Gasteiger partial charge >= 0.3 is 0 Å². The van der Waals surface area contributed by atoms with Crippen LogP contribution in [0.15, 0.2) is 12.1 Å². The summed E-state index contributed by atoms with van der Waals surface area (Å²) in [6.07, 6.45) is 6.25. The molecule has 2 rings (SSSR count). The van der Waals surface area contributed by atoms with Crippen LogP contribution < -0.4 is 9.47 Å². The lowest BCUT2D eigenvalue weighted by molar-refractivity contribution is 0.292. The third-order valence-corrected chi connectivity index (χ3v) is 4.49. The minimum atomic E-state index is 0.775. The molecule has 106 valence electrons. The Morgan fingerprint density at radius 2 is 1.95 bits per heavy atom. The molecular weight excluding hydrogens is 236 g/mol. The minimum absolute atomic E-state index is 0.775. The van der Waals surface area contributed by atoms with Crippen molar-refractivity contribution < 1.29 is 9.47 Å². The fourth-order valence-corrected chi connectivity index (χ4v) is 3.28. The largest absolute Gasteiger partial charge is 0.493 e. The topological polar surface area (TPSA) is 18.5 Å². The summed E-state index contributed by atoms with van der Waals surface area (Å²) in [5.41, 5.74) is 2.82. The van der Waals surface area contributed by atoms with Gasteiger partial charge < -0.3 is 9.47 Å². The van der Waals surface area contributed by atoms with Crippen LogP contribution in [0.3, 0.4) is 0 Å². The lowest BCUT2D eigenvalue weighted by Crippen LogP contribution is -2.24. The van der Waals surface area contributed by atoms with E-state index in [1.165, 1.54) is 36.8 Å². The Kier molecular flexibility index (Phi) is 4.73. The van der Waals surface area contributed by atoms with Gasteiger partial charge in [-0.1, -0.05) is 32.8 Å². The van der Waals surface area contributed by atoms with E-state index in [0.29, 0.717) is 0 Å². The van der Waals surface area contributed by atoms with E-state index in [1.54, 1.807) is 14.2 Å². The first-order valence-corrected chi connectivity index (χ1v) is 7.44. The van der Waals surface area contributed by atoms with Gasteiger partial charge in [-0.3, -0.25) is 0 Å². The zero-order valence-corrected chi connectivity index (χ0v) is 12.7. The van der Waals surface area contributed by atoms with E-state index < -0.39 is 0 Å². The molecule has 0 spiro atoms. The third-order valence-electron chi connectivity index (χ3n) is 4.49. The molecule has 1 aromatic carbocycles. The number of rotatable bonds is 5. The van der Waals surface area contributed by atoms with Crippen molar-refractivity contribution >= 4 is 0 Å². The Hall–Kier alpha value is -1.18. The predicted molar refractivity (Wildman–Crippen MR) is 79.1 cm³/mol. The number of methoxy groups -OCH3 is 2. The van der Waals surface area contributed by atoms with Crippen LogP contribution in [0.5, 0.6) is 11.5 Å². The molecule has 1 aliphatic carbocycles. The van der Waals surface area contributed by atoms with Crippen molar-refractivity contribution in [2.75, 3.05) is 14.2 Å². The van der Waals surface area contributed by atoms with Crippen molar-refractivity contribution in [1.29, 1.82) is 0 Å². The summed E-state index contributed by atoms with van der Waals surface area (Å²) in [5.74, 6) is 3.38. The summed E-state index contributed by atoms with van der Waals surface area (Å²) >= 11 is 0. The number of benzene rings is 1. The van der Waals surface area contributed by atoms with Gasteiger partial charge in [0, 0.05) is 5.56 Å². The van der Waals surface area contributed by atoms with Crippen LogP contribution in [0.2, 0.25) is 0 Å². The zero-order valence-electron chi connectivity index (χ0n) is 12.7. The maximum atomic E-state index is 5.60. The second-order valence-electron chi connectivity index (χ2n) is 5.73. The lowest BCUT2D eigenvalue weighted by atomic mass is 9.74. The second kappa shape index (κ2) is 6.31. The molecule has 0 radical (unpaired) electrons. The molecule has 19 heavy (non-hydrogen) atoms. The molecule has 0 unspecified atom stereocenters. The van der Waals surface area contributed by atoms with Gasteiger partial charge in [0.25, 0.3) is 0 Å². The number of hydrogen-bond acceptors (Lipinski definition) is 2. The Labute approximate surface area is 117 Å². The average Bonchev–Trinajstić information content (AvgIpc) is 2.43. The van der Waals surface area contributed by atoms with Crippen molar-refractivity contribution in [1.82, 2.24) is 0 Å². The van der Waals surface area contributed by atoms with Gasteiger partial charge in [-0.05, 0) is 42.7 Å². The van der Waals surface area contributed by atoms with E-state index in [9.17, 15) is 0 Å². The lowest BCUT2D eigenvalue weighted by Gasteiger charge is -2.32. The van der Waals surface area contributed by atoms with E-state index in [-0.39, 0.29) is 0 Å². The van der Waals surface area contributed by atoms with Gasteiger partial charge in [-0.25, -0.2) is 0 Å². The number of fused-ring (bicyclic) bond motifs is 1. The Bertz CT molecular complexity index is 426. The molecule has 2 atom stereocenters. The average molecular weight is 262 g/mol. The van der Waals surface area contributed by atoms with Crippen LogP contribution in [0, 0.1) is 11.8 Å². The van der Waals surface area contributed by atoms with E-state index in [4.69, 9.17) is 9.47 Å². The van der Waals surface area contributed by atoms with E-state index in [1.807, 2.05) is 6.07 Å². The van der Waals surface area contributed by atoms with Crippen molar-refractivity contribution in [2.45, 2.75) is 46.0 Å². The summed E-state index contributed by atoms with van der Waals surface area (Å²) in [5, 5.41) is 0. The van der Waals surface area contributed by atoms with Gasteiger partial charge in [0.05, 0.1) is 14.2 Å². The van der Waals surface area contributed by atoms with Crippen molar-refractivity contribution in [3.8, 4) is 11.5 Å². The summed E-state index contributed by atoms with van der Waals surface area (Å²) in [6, 6.07) is 4.25. The molecule has 0 aliphatic heterocycles. The molecule has 0 aromatic heterocycles. The molecule has 0 bridgehead atoms. The van der Waals surface area contributed by atoms with Crippen LogP contribution in [0.4, 0.5) is 0 Å². The summed E-state index contributed by atoms with van der Waals surface area (Å²) < 4.78 is 11.0. The molecule has 2 nitrogen and oxygen atoms in total. The van der Waals surface area contributed by atoms with Crippen LogP contribution >= 0.6 is 0 Å². The fourth-order valence-electron chi connectivity index (χ4n) is 3.28. The standard InChI is InChI=1S/C17H26O2/c1-5-6-7-13-11-15-14(10-12(13)2)8-9-16(18-3)17(15)19-4/h8-9,12-13H,5-7,10-11H2,1-4H3/t12-,13-/m1/s1. The zero-order chi connectivity index (χ0) is 13.8. The van der Waals surface area contributed by atoms with Gasteiger partial charge in [-0.2, -0.15) is 0 Å². The van der Waals surface area contributed by atoms with Crippen molar-refractivity contribution in [3.05, 3.63) is 23.3 Å². The van der Waals surface area contributed by atoms with E-state index in [0.717, 1.165) is 29.8 Å². The summed E-state index contributed by atoms with van der Waals surface area (Å²) in [4.78, 5) is 0. The molecule has 0 saturated heterocycles. The van der Waals surface area contributed by atoms with Crippen molar-refractivity contribution in [3.63, 3.8) is 0 Å². The highest BCUT2D eigenvalue weighted by Crippen LogP contribution is 2.41. The third kappa shape index (κ3) is 2.88. The first-order chi connectivity index (χ1) is 9.21. The highest BCUT2D eigenvalue weighted by molar-refractivity contribution is 5.52. The molecular formula is C17H26O2. The quantitative estimate of drug-likeness (QED) is 0.790. The van der Waals surface area contributed by atoms with Crippen LogP contribution in [-0.4, -0.2) is 14.2 Å². The highest BCUT2D eigenvalue weighted by atomic mass is 16.5. The number of hydrogen-bond donors (Lipinski definition) is 0. The monoisotopic (exact) mass is 262 g/mol. The van der Waals surface area contributed by atoms with E-state index >= 15 is 0 Å². The van der Waals surface area contributed by atoms with Crippen LogP contribution in [-0.2, 0) is 12.8 Å². The molecule has 0 heterocycles. The summed E-state index contributed by atoms with van der Waals surface area (Å²) in [7, 11) is 3.46. The van der Waals surface area contributed by atoms with Gasteiger partial charge in [-0.15, -0.1) is 0 Å².